The SMILES string of the molecule is O=C(c1ccc(=O)n(-c2ccccc2)n1)N1CCC(Oc2ccc(F)cc2F)CC1. The van der Waals surface area contributed by atoms with E-state index < -0.39 is 11.6 Å². The molecular formula is C22H19F2N3O3. The van der Waals surface area contributed by atoms with Gasteiger partial charge in [0.15, 0.2) is 11.6 Å². The molecule has 0 bridgehead atoms. The topological polar surface area (TPSA) is 64.4 Å². The van der Waals surface area contributed by atoms with Crippen LogP contribution >= 0.6 is 0 Å². The quantitative estimate of drug-likeness (QED) is 0.662. The number of ether oxygens (including phenoxy) is 1. The number of nitrogens with zero attached hydrogens (tertiary/aromatic N) is 3. The van der Waals surface area contributed by atoms with Crippen molar-refractivity contribution in [1.29, 1.82) is 0 Å². The third-order valence-electron chi connectivity index (χ3n) is 4.94. The van der Waals surface area contributed by atoms with Crippen molar-refractivity contribution >= 4 is 5.91 Å². The molecule has 0 N–H and O–H groups in total. The molecule has 1 aromatic heterocycles. The highest BCUT2D eigenvalue weighted by Gasteiger charge is 2.26. The summed E-state index contributed by atoms with van der Waals surface area (Å²) in [7, 11) is 0. The summed E-state index contributed by atoms with van der Waals surface area (Å²) in [5.41, 5.74) is 0.416. The zero-order chi connectivity index (χ0) is 21.1. The number of aromatic nitrogens is 2. The van der Waals surface area contributed by atoms with E-state index in [-0.39, 0.29) is 29.0 Å². The van der Waals surface area contributed by atoms with Crippen LogP contribution in [0.5, 0.6) is 5.75 Å². The smallest absolute Gasteiger partial charge is 0.274 e. The number of piperidine rings is 1. The summed E-state index contributed by atoms with van der Waals surface area (Å²) in [4.78, 5) is 26.6. The average Bonchev–Trinajstić information content (AvgIpc) is 2.77. The predicted molar refractivity (Wildman–Crippen MR) is 106 cm³/mol. The Morgan fingerprint density at radius 2 is 1.73 bits per heavy atom. The first-order valence-electron chi connectivity index (χ1n) is 9.58. The monoisotopic (exact) mass is 411 g/mol. The highest BCUT2D eigenvalue weighted by atomic mass is 19.1. The second-order valence-electron chi connectivity index (χ2n) is 6.99. The minimum Gasteiger partial charge on any atom is -0.487 e. The Kier molecular flexibility index (Phi) is 5.56. The van der Waals surface area contributed by atoms with Gasteiger partial charge in [0.25, 0.3) is 11.5 Å². The molecule has 0 unspecified atom stereocenters. The number of likely N-dealkylation sites (tertiary alicyclic amines) is 1. The second-order valence-corrected chi connectivity index (χ2v) is 6.99. The van der Waals surface area contributed by atoms with Gasteiger partial charge in [-0.2, -0.15) is 9.78 Å². The molecule has 6 nitrogen and oxygen atoms in total. The van der Waals surface area contributed by atoms with E-state index in [9.17, 15) is 18.4 Å². The molecule has 0 spiro atoms. The molecule has 0 atom stereocenters. The molecule has 1 aliphatic rings. The molecule has 8 heteroatoms. The van der Waals surface area contributed by atoms with Gasteiger partial charge in [-0.15, -0.1) is 0 Å². The van der Waals surface area contributed by atoms with Crippen molar-refractivity contribution in [2.24, 2.45) is 0 Å². The Morgan fingerprint density at radius 1 is 1.00 bits per heavy atom. The number of rotatable bonds is 4. The normalized spacial score (nSPS) is 14.5. The fourth-order valence-corrected chi connectivity index (χ4v) is 3.37. The molecule has 4 rings (SSSR count). The summed E-state index contributed by atoms with van der Waals surface area (Å²) >= 11 is 0. The van der Waals surface area contributed by atoms with Crippen LogP contribution in [0, 0.1) is 11.6 Å². The molecule has 1 saturated heterocycles. The van der Waals surface area contributed by atoms with E-state index in [0.29, 0.717) is 31.6 Å². The fraction of sp³-hybridized carbons (Fsp3) is 0.227. The summed E-state index contributed by atoms with van der Waals surface area (Å²) in [6.07, 6.45) is 0.724. The molecule has 154 valence electrons. The van der Waals surface area contributed by atoms with Gasteiger partial charge in [0, 0.05) is 38.1 Å². The first-order valence-corrected chi connectivity index (χ1v) is 9.58. The molecule has 3 aromatic rings. The first-order chi connectivity index (χ1) is 14.5. The Labute approximate surface area is 171 Å². The minimum atomic E-state index is -0.749. The van der Waals surface area contributed by atoms with Gasteiger partial charge in [-0.25, -0.2) is 8.78 Å². The molecule has 2 heterocycles. The maximum atomic E-state index is 13.8. The molecular weight excluding hydrogens is 392 g/mol. The Balaban J connectivity index is 1.43. The minimum absolute atomic E-state index is 0.00205. The number of hydrogen-bond donors (Lipinski definition) is 0. The van der Waals surface area contributed by atoms with E-state index in [4.69, 9.17) is 4.74 Å². The van der Waals surface area contributed by atoms with Crippen molar-refractivity contribution in [3.8, 4) is 11.4 Å². The van der Waals surface area contributed by atoms with Crippen molar-refractivity contribution in [3.05, 3.63) is 88.3 Å². The molecule has 1 amide bonds. The number of hydrogen-bond acceptors (Lipinski definition) is 4. The number of halogens is 2. The summed E-state index contributed by atoms with van der Waals surface area (Å²) in [6, 6.07) is 14.8. The Bertz CT molecular complexity index is 1110. The van der Waals surface area contributed by atoms with Crippen LogP contribution < -0.4 is 10.3 Å². The summed E-state index contributed by atoms with van der Waals surface area (Å²) in [5.74, 6) is -1.70. The zero-order valence-corrected chi connectivity index (χ0v) is 16.0. The van der Waals surface area contributed by atoms with Crippen molar-refractivity contribution in [3.63, 3.8) is 0 Å². The van der Waals surface area contributed by atoms with Crippen LogP contribution in [0.3, 0.4) is 0 Å². The lowest BCUT2D eigenvalue weighted by Gasteiger charge is -2.32. The zero-order valence-electron chi connectivity index (χ0n) is 16.0. The van der Waals surface area contributed by atoms with Gasteiger partial charge in [0.05, 0.1) is 5.69 Å². The van der Waals surface area contributed by atoms with E-state index >= 15 is 0 Å². The van der Waals surface area contributed by atoms with E-state index in [2.05, 4.69) is 5.10 Å². The molecule has 2 aromatic carbocycles. The number of benzene rings is 2. The van der Waals surface area contributed by atoms with E-state index in [0.717, 1.165) is 12.1 Å². The van der Waals surface area contributed by atoms with Gasteiger partial charge in [0.1, 0.15) is 17.6 Å². The largest absolute Gasteiger partial charge is 0.487 e. The highest BCUT2D eigenvalue weighted by Crippen LogP contribution is 2.23. The van der Waals surface area contributed by atoms with Crippen LogP contribution in [0.2, 0.25) is 0 Å². The van der Waals surface area contributed by atoms with E-state index in [1.165, 1.54) is 22.9 Å². The summed E-state index contributed by atoms with van der Waals surface area (Å²) in [5, 5.41) is 4.22. The third kappa shape index (κ3) is 4.22. The maximum Gasteiger partial charge on any atom is 0.274 e. The van der Waals surface area contributed by atoms with Crippen LogP contribution in [-0.2, 0) is 0 Å². The molecule has 0 aliphatic carbocycles. The van der Waals surface area contributed by atoms with Gasteiger partial charge in [-0.05, 0) is 30.3 Å². The molecule has 0 saturated carbocycles. The summed E-state index contributed by atoms with van der Waals surface area (Å²) in [6.45, 7) is 0.802. The molecule has 1 fully saturated rings. The predicted octanol–water partition coefficient (Wildman–Crippen LogP) is 3.19. The van der Waals surface area contributed by atoms with Crippen molar-refractivity contribution in [2.75, 3.05) is 13.1 Å². The van der Waals surface area contributed by atoms with Gasteiger partial charge < -0.3 is 9.64 Å². The van der Waals surface area contributed by atoms with Gasteiger partial charge in [0.2, 0.25) is 0 Å². The number of amides is 1. The average molecular weight is 411 g/mol. The first kappa shape index (κ1) is 19.8. The Morgan fingerprint density at radius 3 is 2.43 bits per heavy atom. The maximum absolute atomic E-state index is 13.8. The van der Waals surface area contributed by atoms with Crippen LogP contribution in [-0.4, -0.2) is 39.8 Å². The van der Waals surface area contributed by atoms with Crippen molar-refractivity contribution < 1.29 is 18.3 Å². The van der Waals surface area contributed by atoms with E-state index in [1.807, 2.05) is 6.07 Å². The Hall–Kier alpha value is -3.55. The number of carbonyl (C=O) groups excluding carboxylic acids is 1. The van der Waals surface area contributed by atoms with Gasteiger partial charge in [-0.3, -0.25) is 9.59 Å². The van der Waals surface area contributed by atoms with Crippen LogP contribution in [0.1, 0.15) is 23.3 Å². The fourth-order valence-electron chi connectivity index (χ4n) is 3.37. The highest BCUT2D eigenvalue weighted by molar-refractivity contribution is 5.92. The van der Waals surface area contributed by atoms with Gasteiger partial charge >= 0.3 is 0 Å². The third-order valence-corrected chi connectivity index (χ3v) is 4.94. The molecule has 30 heavy (non-hydrogen) atoms. The molecule has 1 aliphatic heterocycles. The van der Waals surface area contributed by atoms with Gasteiger partial charge in [-0.1, -0.05) is 18.2 Å². The second kappa shape index (κ2) is 8.44. The number of para-hydroxylation sites is 1. The standard InChI is InChI=1S/C22H19F2N3O3/c23-15-6-8-20(18(24)14-15)30-17-10-12-26(13-11-17)22(29)19-7-9-21(28)27(25-19)16-4-2-1-3-5-16/h1-9,14,17H,10-13H2. The molecule has 0 radical (unpaired) electrons. The lowest BCUT2D eigenvalue weighted by Crippen LogP contribution is -2.42. The van der Waals surface area contributed by atoms with E-state index in [1.54, 1.807) is 29.2 Å². The van der Waals surface area contributed by atoms with Crippen molar-refractivity contribution in [1.82, 2.24) is 14.7 Å². The number of carbonyl (C=O) groups is 1. The lowest BCUT2D eigenvalue weighted by molar-refractivity contribution is 0.0581. The van der Waals surface area contributed by atoms with Crippen LogP contribution in [0.15, 0.2) is 65.5 Å². The lowest BCUT2D eigenvalue weighted by atomic mass is 10.1. The van der Waals surface area contributed by atoms with Crippen LogP contribution in [0.25, 0.3) is 5.69 Å². The summed E-state index contributed by atoms with van der Waals surface area (Å²) < 4.78 is 33.6. The van der Waals surface area contributed by atoms with Crippen molar-refractivity contribution in [2.45, 2.75) is 18.9 Å². The van der Waals surface area contributed by atoms with Crippen LogP contribution in [0.4, 0.5) is 8.78 Å².